The van der Waals surface area contributed by atoms with Gasteiger partial charge in [0.2, 0.25) is 0 Å². The number of nitrogens with one attached hydrogen (secondary N) is 3. The first kappa shape index (κ1) is 18.5. The van der Waals surface area contributed by atoms with Crippen molar-refractivity contribution in [3.63, 3.8) is 0 Å². The van der Waals surface area contributed by atoms with Crippen molar-refractivity contribution in [2.75, 3.05) is 26.2 Å². The molecule has 2 rings (SSSR count). The van der Waals surface area contributed by atoms with E-state index >= 15 is 0 Å². The van der Waals surface area contributed by atoms with E-state index in [1.807, 2.05) is 27.7 Å². The lowest BCUT2D eigenvalue weighted by atomic mass is 9.82. The number of hydrogen-bond donors (Lipinski definition) is 3. The summed E-state index contributed by atoms with van der Waals surface area (Å²) in [6.07, 6.45) is 3.11. The Balaban J connectivity index is 1.80. The Morgan fingerprint density at radius 2 is 1.96 bits per heavy atom. The summed E-state index contributed by atoms with van der Waals surface area (Å²) in [7, 11) is 0. The van der Waals surface area contributed by atoms with Gasteiger partial charge in [-0.05, 0) is 72.5 Å². The smallest absolute Gasteiger partial charge is 0.407 e. The van der Waals surface area contributed by atoms with Crippen LogP contribution >= 0.6 is 0 Å². The number of hydrogen-bond acceptors (Lipinski definition) is 5. The SMILES string of the molecule is CCOC1CC(NC(=O)OC(C)(C)C)C1NCC1CCNCC1. The summed E-state index contributed by atoms with van der Waals surface area (Å²) >= 11 is 0. The molecule has 134 valence electrons. The Bertz CT molecular complexity index is 378. The van der Waals surface area contributed by atoms with Crippen LogP contribution in [0.25, 0.3) is 0 Å². The van der Waals surface area contributed by atoms with Crippen LogP contribution in [0.5, 0.6) is 0 Å². The molecule has 1 heterocycles. The molecular weight excluding hydrogens is 294 g/mol. The quantitative estimate of drug-likeness (QED) is 0.692. The molecule has 3 atom stereocenters. The van der Waals surface area contributed by atoms with E-state index in [1.54, 1.807) is 0 Å². The number of alkyl carbamates (subject to hydrolysis) is 1. The van der Waals surface area contributed by atoms with Crippen molar-refractivity contribution in [3.05, 3.63) is 0 Å². The summed E-state index contributed by atoms with van der Waals surface area (Å²) in [6, 6.07) is 0.264. The van der Waals surface area contributed by atoms with Crippen LogP contribution < -0.4 is 16.0 Å². The van der Waals surface area contributed by atoms with Gasteiger partial charge in [-0.3, -0.25) is 0 Å². The minimum atomic E-state index is -0.467. The summed E-state index contributed by atoms with van der Waals surface area (Å²) in [5.74, 6) is 0.710. The lowest BCUT2D eigenvalue weighted by molar-refractivity contribution is -0.0444. The van der Waals surface area contributed by atoms with Crippen molar-refractivity contribution in [3.8, 4) is 0 Å². The van der Waals surface area contributed by atoms with Gasteiger partial charge in [-0.1, -0.05) is 0 Å². The number of carbonyl (C=O) groups excluding carboxylic acids is 1. The zero-order valence-corrected chi connectivity index (χ0v) is 15.0. The molecule has 1 saturated carbocycles. The largest absolute Gasteiger partial charge is 0.444 e. The van der Waals surface area contributed by atoms with E-state index in [9.17, 15) is 4.79 Å². The molecular formula is C17H33N3O3. The maximum atomic E-state index is 12.0. The maximum absolute atomic E-state index is 12.0. The van der Waals surface area contributed by atoms with E-state index in [1.165, 1.54) is 12.8 Å². The second-order valence-electron chi connectivity index (χ2n) is 7.61. The van der Waals surface area contributed by atoms with Gasteiger partial charge >= 0.3 is 6.09 Å². The Labute approximate surface area is 140 Å². The Hall–Kier alpha value is -0.850. The van der Waals surface area contributed by atoms with Crippen LogP contribution in [0.2, 0.25) is 0 Å². The number of piperidine rings is 1. The van der Waals surface area contributed by atoms with Crippen LogP contribution in [0.3, 0.4) is 0 Å². The topological polar surface area (TPSA) is 71.6 Å². The van der Waals surface area contributed by atoms with Gasteiger partial charge in [-0.15, -0.1) is 0 Å². The van der Waals surface area contributed by atoms with E-state index in [2.05, 4.69) is 16.0 Å². The Kier molecular flexibility index (Phi) is 6.68. The molecule has 1 aliphatic carbocycles. The van der Waals surface area contributed by atoms with Crippen LogP contribution in [-0.2, 0) is 9.47 Å². The van der Waals surface area contributed by atoms with E-state index in [0.29, 0.717) is 12.5 Å². The van der Waals surface area contributed by atoms with Crippen molar-refractivity contribution in [2.45, 2.75) is 70.7 Å². The van der Waals surface area contributed by atoms with E-state index < -0.39 is 5.60 Å². The molecule has 2 fully saturated rings. The number of amides is 1. The molecule has 6 nitrogen and oxygen atoms in total. The maximum Gasteiger partial charge on any atom is 0.407 e. The minimum absolute atomic E-state index is 0.0862. The number of carbonyl (C=O) groups is 1. The standard InChI is InChI=1S/C17H33N3O3/c1-5-22-14-10-13(20-16(21)23-17(2,3)4)15(14)19-11-12-6-8-18-9-7-12/h12-15,18-19H,5-11H2,1-4H3,(H,20,21). The molecule has 0 aromatic carbocycles. The lowest BCUT2D eigenvalue weighted by Gasteiger charge is -2.45. The minimum Gasteiger partial charge on any atom is -0.444 e. The van der Waals surface area contributed by atoms with Crippen LogP contribution in [0.1, 0.15) is 47.0 Å². The second-order valence-corrected chi connectivity index (χ2v) is 7.61. The van der Waals surface area contributed by atoms with Crippen LogP contribution in [0.15, 0.2) is 0 Å². The first-order valence-corrected chi connectivity index (χ1v) is 8.94. The van der Waals surface area contributed by atoms with Crippen LogP contribution in [0, 0.1) is 5.92 Å². The first-order valence-electron chi connectivity index (χ1n) is 8.94. The van der Waals surface area contributed by atoms with Crippen molar-refractivity contribution < 1.29 is 14.3 Å². The molecule has 1 amide bonds. The summed E-state index contributed by atoms with van der Waals surface area (Å²) in [5.41, 5.74) is -0.467. The van der Waals surface area contributed by atoms with Gasteiger partial charge in [-0.2, -0.15) is 0 Å². The molecule has 3 unspecified atom stereocenters. The number of rotatable bonds is 6. The average Bonchev–Trinajstić information content (AvgIpc) is 2.45. The molecule has 3 N–H and O–H groups in total. The highest BCUT2D eigenvalue weighted by molar-refractivity contribution is 5.68. The summed E-state index contributed by atoms with van der Waals surface area (Å²) in [5, 5.41) is 9.99. The van der Waals surface area contributed by atoms with Gasteiger partial charge in [0.1, 0.15) is 5.60 Å². The molecule has 0 aromatic heterocycles. The van der Waals surface area contributed by atoms with Crippen molar-refractivity contribution in [2.24, 2.45) is 5.92 Å². The first-order chi connectivity index (χ1) is 10.9. The number of ether oxygens (including phenoxy) is 2. The molecule has 6 heteroatoms. The van der Waals surface area contributed by atoms with E-state index in [4.69, 9.17) is 9.47 Å². The summed E-state index contributed by atoms with van der Waals surface area (Å²) in [4.78, 5) is 12.0. The highest BCUT2D eigenvalue weighted by Crippen LogP contribution is 2.25. The highest BCUT2D eigenvalue weighted by atomic mass is 16.6. The molecule has 1 saturated heterocycles. The zero-order chi connectivity index (χ0) is 16.9. The highest BCUT2D eigenvalue weighted by Gasteiger charge is 2.43. The molecule has 0 bridgehead atoms. The molecule has 23 heavy (non-hydrogen) atoms. The second kappa shape index (κ2) is 8.31. The predicted octanol–water partition coefficient (Wildman–Crippen LogP) is 1.65. The summed E-state index contributed by atoms with van der Waals surface area (Å²) < 4.78 is 11.1. The fourth-order valence-electron chi connectivity index (χ4n) is 3.26. The fourth-order valence-corrected chi connectivity index (χ4v) is 3.26. The van der Waals surface area contributed by atoms with E-state index in [-0.39, 0.29) is 24.3 Å². The monoisotopic (exact) mass is 327 g/mol. The van der Waals surface area contributed by atoms with Crippen molar-refractivity contribution in [1.29, 1.82) is 0 Å². The third kappa shape index (κ3) is 5.94. The fraction of sp³-hybridized carbons (Fsp3) is 0.941. The average molecular weight is 327 g/mol. The van der Waals surface area contributed by atoms with E-state index in [0.717, 1.165) is 26.1 Å². The lowest BCUT2D eigenvalue weighted by Crippen LogP contribution is -2.66. The molecule has 2 aliphatic rings. The molecule has 0 spiro atoms. The van der Waals surface area contributed by atoms with Gasteiger partial charge in [0.25, 0.3) is 0 Å². The molecule has 1 aliphatic heterocycles. The normalized spacial score (nSPS) is 29.0. The van der Waals surface area contributed by atoms with Gasteiger partial charge in [0.05, 0.1) is 18.2 Å². The zero-order valence-electron chi connectivity index (χ0n) is 15.0. The van der Waals surface area contributed by atoms with Gasteiger partial charge in [0, 0.05) is 6.61 Å². The Morgan fingerprint density at radius 1 is 1.26 bits per heavy atom. The van der Waals surface area contributed by atoms with Gasteiger partial charge in [0.15, 0.2) is 0 Å². The van der Waals surface area contributed by atoms with Crippen molar-refractivity contribution in [1.82, 2.24) is 16.0 Å². The van der Waals surface area contributed by atoms with Crippen molar-refractivity contribution >= 4 is 6.09 Å². The van der Waals surface area contributed by atoms with Gasteiger partial charge < -0.3 is 25.4 Å². The Morgan fingerprint density at radius 3 is 2.57 bits per heavy atom. The van der Waals surface area contributed by atoms with Crippen LogP contribution in [-0.4, -0.2) is 56.1 Å². The molecule has 0 aromatic rings. The van der Waals surface area contributed by atoms with Gasteiger partial charge in [-0.25, -0.2) is 4.79 Å². The molecule has 0 radical (unpaired) electrons. The third-order valence-corrected chi connectivity index (χ3v) is 4.50. The predicted molar refractivity (Wildman–Crippen MR) is 90.6 cm³/mol. The summed E-state index contributed by atoms with van der Waals surface area (Å²) in [6.45, 7) is 11.5. The van der Waals surface area contributed by atoms with Crippen LogP contribution in [0.4, 0.5) is 4.79 Å². The third-order valence-electron chi connectivity index (χ3n) is 4.50.